The van der Waals surface area contributed by atoms with E-state index in [0.717, 1.165) is 30.3 Å². The van der Waals surface area contributed by atoms with Crippen LogP contribution in [0.25, 0.3) is 0 Å². The number of nitrogens with zero attached hydrogens (tertiary/aromatic N) is 3. The van der Waals surface area contributed by atoms with Crippen molar-refractivity contribution in [2.24, 2.45) is 5.73 Å². The summed E-state index contributed by atoms with van der Waals surface area (Å²) in [6.07, 6.45) is 3.22. The third-order valence-corrected chi connectivity index (χ3v) is 3.43. The quantitative estimate of drug-likeness (QED) is 0.557. The van der Waals surface area contributed by atoms with Crippen LogP contribution in [0.1, 0.15) is 25.6 Å². The number of aryl methyl sites for hydroxylation is 1. The molecule has 0 spiro atoms. The van der Waals surface area contributed by atoms with Gasteiger partial charge >= 0.3 is 5.97 Å². The molecular formula is C11H20N4O2S. The first-order chi connectivity index (χ1) is 8.69. The molecule has 0 saturated carbocycles. The molecule has 102 valence electrons. The molecule has 18 heavy (non-hydrogen) atoms. The van der Waals surface area contributed by atoms with Crippen LogP contribution in [0.3, 0.4) is 0 Å². The largest absolute Gasteiger partial charge is 0.468 e. The van der Waals surface area contributed by atoms with E-state index in [-0.39, 0.29) is 5.97 Å². The minimum absolute atomic E-state index is 0.357. The summed E-state index contributed by atoms with van der Waals surface area (Å²) in [6, 6.07) is -0.531. The van der Waals surface area contributed by atoms with E-state index in [0.29, 0.717) is 6.42 Å². The Morgan fingerprint density at radius 3 is 3.11 bits per heavy atom. The summed E-state index contributed by atoms with van der Waals surface area (Å²) in [7, 11) is 1.35. The highest BCUT2D eigenvalue weighted by molar-refractivity contribution is 7.98. The Bertz CT molecular complexity index is 370. The van der Waals surface area contributed by atoms with Gasteiger partial charge in [0.1, 0.15) is 18.2 Å². The molecule has 1 aromatic heterocycles. The molecule has 0 saturated heterocycles. The summed E-state index contributed by atoms with van der Waals surface area (Å²) in [6.45, 7) is 2.99. The molecule has 0 fully saturated rings. The van der Waals surface area contributed by atoms with Crippen molar-refractivity contribution in [1.29, 1.82) is 0 Å². The number of hydrogen-bond acceptors (Lipinski definition) is 6. The van der Waals surface area contributed by atoms with Gasteiger partial charge in [0.15, 0.2) is 0 Å². The lowest BCUT2D eigenvalue weighted by molar-refractivity contribution is -0.142. The lowest BCUT2D eigenvalue weighted by Crippen LogP contribution is -2.32. The first kappa shape index (κ1) is 15.0. The van der Waals surface area contributed by atoms with Crippen LogP contribution in [0.15, 0.2) is 6.33 Å². The van der Waals surface area contributed by atoms with Crippen LogP contribution in [0.2, 0.25) is 0 Å². The molecule has 0 aromatic carbocycles. The normalized spacial score (nSPS) is 12.4. The molecule has 0 amide bonds. The number of thioether (sulfide) groups is 1. The maximum Gasteiger partial charge on any atom is 0.322 e. The molecule has 0 aliphatic rings. The van der Waals surface area contributed by atoms with E-state index >= 15 is 0 Å². The molecule has 2 N–H and O–H groups in total. The molecule has 0 radical (unpaired) electrons. The van der Waals surface area contributed by atoms with Crippen molar-refractivity contribution in [3.8, 4) is 0 Å². The number of hydrogen-bond donors (Lipinski definition) is 1. The number of carbonyl (C=O) groups is 1. The highest BCUT2D eigenvalue weighted by Gasteiger charge is 2.13. The second-order valence-corrected chi connectivity index (χ2v) is 4.98. The van der Waals surface area contributed by atoms with Crippen LogP contribution in [-0.4, -0.2) is 39.6 Å². The average Bonchev–Trinajstić information content (AvgIpc) is 2.81. The number of aromatic nitrogens is 3. The van der Waals surface area contributed by atoms with Crippen LogP contribution in [0, 0.1) is 0 Å². The minimum atomic E-state index is -0.531. The fraction of sp³-hybridized carbons (Fsp3) is 0.727. The van der Waals surface area contributed by atoms with Crippen LogP contribution < -0.4 is 5.73 Å². The minimum Gasteiger partial charge on any atom is -0.468 e. The molecule has 1 rings (SSSR count). The fourth-order valence-corrected chi connectivity index (χ4v) is 2.41. The zero-order chi connectivity index (χ0) is 13.4. The number of nitrogens with two attached hydrogens (primary N) is 1. The molecule has 0 aliphatic heterocycles. The van der Waals surface area contributed by atoms with E-state index in [1.165, 1.54) is 7.11 Å². The van der Waals surface area contributed by atoms with Crippen molar-refractivity contribution in [3.63, 3.8) is 0 Å². The molecule has 1 atom stereocenters. The Morgan fingerprint density at radius 2 is 2.44 bits per heavy atom. The molecule has 1 unspecified atom stereocenters. The maximum absolute atomic E-state index is 11.1. The molecule has 1 aromatic rings. The van der Waals surface area contributed by atoms with Crippen molar-refractivity contribution < 1.29 is 9.53 Å². The molecular weight excluding hydrogens is 252 g/mol. The topological polar surface area (TPSA) is 83.0 Å². The lowest BCUT2D eigenvalue weighted by Gasteiger charge is -2.08. The van der Waals surface area contributed by atoms with Gasteiger partial charge in [-0.25, -0.2) is 9.67 Å². The van der Waals surface area contributed by atoms with Gasteiger partial charge in [-0.15, -0.1) is 0 Å². The molecule has 0 aliphatic carbocycles. The number of carbonyl (C=O) groups excluding carboxylic acids is 1. The first-order valence-electron chi connectivity index (χ1n) is 5.96. The number of rotatable bonds is 8. The van der Waals surface area contributed by atoms with Gasteiger partial charge in [-0.05, 0) is 18.6 Å². The van der Waals surface area contributed by atoms with Gasteiger partial charge in [0.25, 0.3) is 0 Å². The Kier molecular flexibility index (Phi) is 6.74. The lowest BCUT2D eigenvalue weighted by atomic mass is 10.2. The predicted molar refractivity (Wildman–Crippen MR) is 71.1 cm³/mol. The number of ether oxygens (including phenoxy) is 1. The van der Waals surface area contributed by atoms with Gasteiger partial charge < -0.3 is 10.5 Å². The molecule has 0 bridgehead atoms. The smallest absolute Gasteiger partial charge is 0.322 e. The van der Waals surface area contributed by atoms with Crippen LogP contribution >= 0.6 is 11.8 Å². The summed E-state index contributed by atoms with van der Waals surface area (Å²) in [5.41, 5.74) is 5.64. The maximum atomic E-state index is 11.1. The highest BCUT2D eigenvalue weighted by atomic mass is 32.2. The van der Waals surface area contributed by atoms with Gasteiger partial charge in [0, 0.05) is 6.54 Å². The zero-order valence-corrected chi connectivity index (χ0v) is 11.7. The van der Waals surface area contributed by atoms with E-state index in [1.807, 2.05) is 4.68 Å². The summed E-state index contributed by atoms with van der Waals surface area (Å²) in [5, 5.41) is 4.15. The zero-order valence-electron chi connectivity index (χ0n) is 10.8. The van der Waals surface area contributed by atoms with Crippen molar-refractivity contribution in [2.75, 3.05) is 12.9 Å². The Labute approximate surface area is 111 Å². The summed E-state index contributed by atoms with van der Waals surface area (Å²) >= 11 is 1.70. The van der Waals surface area contributed by atoms with E-state index < -0.39 is 6.04 Å². The number of methoxy groups -OCH3 is 1. The van der Waals surface area contributed by atoms with Gasteiger partial charge in [-0.2, -0.15) is 16.9 Å². The second-order valence-electron chi connectivity index (χ2n) is 3.87. The predicted octanol–water partition coefficient (Wildman–Crippen LogP) is 0.812. The fourth-order valence-electron chi connectivity index (χ4n) is 1.44. The van der Waals surface area contributed by atoms with Gasteiger partial charge in [0.2, 0.25) is 0 Å². The average molecular weight is 272 g/mol. The van der Waals surface area contributed by atoms with E-state index in [4.69, 9.17) is 5.73 Å². The van der Waals surface area contributed by atoms with Crippen LogP contribution in [-0.2, 0) is 21.8 Å². The third-order valence-electron chi connectivity index (χ3n) is 2.44. The van der Waals surface area contributed by atoms with Crippen molar-refractivity contribution in [2.45, 2.75) is 38.1 Å². The standard InChI is InChI=1S/C11H20N4O2S/c1-3-5-15-10(13-8-14-15)7-18-6-4-9(12)11(16)17-2/h8-9H,3-7,12H2,1-2H3. The summed E-state index contributed by atoms with van der Waals surface area (Å²) in [5.74, 6) is 2.20. The second kappa shape index (κ2) is 8.10. The SMILES string of the molecule is CCCn1ncnc1CSCCC(N)C(=O)OC. The summed E-state index contributed by atoms with van der Waals surface area (Å²) in [4.78, 5) is 15.3. The summed E-state index contributed by atoms with van der Waals surface area (Å²) < 4.78 is 6.48. The Morgan fingerprint density at radius 1 is 1.67 bits per heavy atom. The van der Waals surface area contributed by atoms with Gasteiger partial charge in [-0.1, -0.05) is 6.92 Å². The van der Waals surface area contributed by atoms with Crippen molar-refractivity contribution in [1.82, 2.24) is 14.8 Å². The van der Waals surface area contributed by atoms with Crippen LogP contribution in [0.4, 0.5) is 0 Å². The molecule has 1 heterocycles. The van der Waals surface area contributed by atoms with Crippen molar-refractivity contribution >= 4 is 17.7 Å². The van der Waals surface area contributed by atoms with Crippen LogP contribution in [0.5, 0.6) is 0 Å². The van der Waals surface area contributed by atoms with E-state index in [1.54, 1.807) is 18.1 Å². The first-order valence-corrected chi connectivity index (χ1v) is 7.12. The van der Waals surface area contributed by atoms with Gasteiger partial charge in [-0.3, -0.25) is 4.79 Å². The highest BCUT2D eigenvalue weighted by Crippen LogP contribution is 2.12. The monoisotopic (exact) mass is 272 g/mol. The van der Waals surface area contributed by atoms with Gasteiger partial charge in [0.05, 0.1) is 12.9 Å². The van der Waals surface area contributed by atoms with E-state index in [9.17, 15) is 4.79 Å². The van der Waals surface area contributed by atoms with E-state index in [2.05, 4.69) is 21.7 Å². The Hall–Kier alpha value is -1.08. The van der Waals surface area contributed by atoms with Crippen molar-refractivity contribution in [3.05, 3.63) is 12.2 Å². The Balaban J connectivity index is 2.25. The molecule has 7 heteroatoms. The number of esters is 1. The third kappa shape index (κ3) is 4.66. The molecule has 6 nitrogen and oxygen atoms in total.